The fourth-order valence-electron chi connectivity index (χ4n) is 0.766. The van der Waals surface area contributed by atoms with Gasteiger partial charge in [-0.25, -0.2) is 4.79 Å². The van der Waals surface area contributed by atoms with Crippen LogP contribution < -0.4 is 5.32 Å². The van der Waals surface area contributed by atoms with E-state index < -0.39 is 18.9 Å². The molecule has 0 aromatic carbocycles. The highest BCUT2D eigenvalue weighted by Crippen LogP contribution is 2.14. The van der Waals surface area contributed by atoms with Gasteiger partial charge in [0.15, 0.2) is 6.61 Å². The number of rotatable bonds is 3. The van der Waals surface area contributed by atoms with Crippen LogP contribution in [0.25, 0.3) is 0 Å². The highest BCUT2D eigenvalue weighted by Gasteiger charge is 2.29. The zero-order valence-corrected chi connectivity index (χ0v) is 7.50. The fourth-order valence-corrected chi connectivity index (χ4v) is 0.766. The van der Waals surface area contributed by atoms with E-state index in [1.165, 1.54) is 12.5 Å². The number of furan rings is 1. The Hall–Kier alpha value is -1.66. The van der Waals surface area contributed by atoms with E-state index in [1.807, 2.05) is 0 Å². The number of ether oxygens (including phenoxy) is 1. The van der Waals surface area contributed by atoms with Gasteiger partial charge in [0.1, 0.15) is 0 Å². The molecular weight excluding hydrogens is 215 g/mol. The van der Waals surface area contributed by atoms with Crippen molar-refractivity contribution < 1.29 is 27.1 Å². The van der Waals surface area contributed by atoms with Gasteiger partial charge in [-0.05, 0) is 6.07 Å². The molecule has 0 aliphatic heterocycles. The molecule has 0 aliphatic carbocycles. The van der Waals surface area contributed by atoms with E-state index in [0.29, 0.717) is 5.56 Å². The number of carbonyl (C=O) groups is 1. The number of alkyl halides is 3. The largest absolute Gasteiger partial charge is 0.472 e. The van der Waals surface area contributed by atoms with Gasteiger partial charge in [-0.3, -0.25) is 0 Å². The number of carbonyl (C=O) groups excluding carboxylic acids is 1. The molecule has 0 saturated carbocycles. The van der Waals surface area contributed by atoms with E-state index in [-0.39, 0.29) is 6.54 Å². The molecule has 0 unspecified atom stereocenters. The number of halogens is 3. The Morgan fingerprint density at radius 2 is 2.27 bits per heavy atom. The molecule has 0 radical (unpaired) electrons. The van der Waals surface area contributed by atoms with Crippen molar-refractivity contribution in [1.29, 1.82) is 0 Å². The summed E-state index contributed by atoms with van der Waals surface area (Å²) < 4.78 is 43.4. The maximum atomic E-state index is 11.6. The van der Waals surface area contributed by atoms with E-state index in [9.17, 15) is 18.0 Å². The first-order valence-corrected chi connectivity index (χ1v) is 3.96. The van der Waals surface area contributed by atoms with Crippen LogP contribution in [0.4, 0.5) is 18.0 Å². The van der Waals surface area contributed by atoms with Crippen molar-refractivity contribution in [2.75, 3.05) is 6.61 Å². The molecule has 1 amide bonds. The molecule has 15 heavy (non-hydrogen) atoms. The van der Waals surface area contributed by atoms with E-state index in [1.54, 1.807) is 6.07 Å². The van der Waals surface area contributed by atoms with Crippen molar-refractivity contribution in [3.05, 3.63) is 24.2 Å². The van der Waals surface area contributed by atoms with Crippen LogP contribution in [-0.2, 0) is 11.3 Å². The molecule has 0 atom stereocenters. The maximum absolute atomic E-state index is 11.6. The fraction of sp³-hybridized carbons (Fsp3) is 0.375. The Labute approximate surface area is 83.0 Å². The van der Waals surface area contributed by atoms with Gasteiger partial charge in [0, 0.05) is 12.1 Å². The van der Waals surface area contributed by atoms with E-state index in [0.717, 1.165) is 0 Å². The first-order chi connectivity index (χ1) is 6.97. The Morgan fingerprint density at radius 1 is 1.53 bits per heavy atom. The lowest BCUT2D eigenvalue weighted by atomic mass is 10.3. The van der Waals surface area contributed by atoms with E-state index in [2.05, 4.69) is 14.5 Å². The monoisotopic (exact) mass is 223 g/mol. The van der Waals surface area contributed by atoms with Gasteiger partial charge in [0.25, 0.3) is 0 Å². The van der Waals surface area contributed by atoms with Gasteiger partial charge in [0.2, 0.25) is 0 Å². The molecule has 0 saturated heterocycles. The normalized spacial score (nSPS) is 11.1. The smallest absolute Gasteiger partial charge is 0.422 e. The van der Waals surface area contributed by atoms with Crippen molar-refractivity contribution in [3.63, 3.8) is 0 Å². The zero-order valence-electron chi connectivity index (χ0n) is 7.50. The number of nitrogens with one attached hydrogen (secondary N) is 1. The number of hydrogen-bond donors (Lipinski definition) is 1. The van der Waals surface area contributed by atoms with Crippen LogP contribution in [0.15, 0.2) is 23.0 Å². The molecule has 4 nitrogen and oxygen atoms in total. The predicted molar refractivity (Wildman–Crippen MR) is 43.0 cm³/mol. The lowest BCUT2D eigenvalue weighted by Crippen LogP contribution is -2.28. The Balaban J connectivity index is 2.20. The third-order valence-electron chi connectivity index (χ3n) is 1.38. The molecular formula is C8H8F3NO3. The minimum absolute atomic E-state index is 0.0627. The Morgan fingerprint density at radius 3 is 2.80 bits per heavy atom. The number of hydrogen-bond acceptors (Lipinski definition) is 3. The van der Waals surface area contributed by atoms with Crippen LogP contribution in [0.1, 0.15) is 5.56 Å². The summed E-state index contributed by atoms with van der Waals surface area (Å²) in [6, 6.07) is 1.57. The summed E-state index contributed by atoms with van der Waals surface area (Å²) in [5.74, 6) is 0. The van der Waals surface area contributed by atoms with E-state index >= 15 is 0 Å². The van der Waals surface area contributed by atoms with Gasteiger partial charge in [-0.2, -0.15) is 13.2 Å². The molecule has 0 spiro atoms. The third kappa shape index (κ3) is 4.94. The van der Waals surface area contributed by atoms with Crippen LogP contribution in [0.5, 0.6) is 0 Å². The summed E-state index contributed by atoms with van der Waals surface area (Å²) in [6.07, 6.45) is -2.87. The quantitative estimate of drug-likeness (QED) is 0.853. The second kappa shape index (κ2) is 4.72. The average molecular weight is 223 g/mol. The van der Waals surface area contributed by atoms with E-state index in [4.69, 9.17) is 0 Å². The molecule has 0 fully saturated rings. The van der Waals surface area contributed by atoms with Gasteiger partial charge >= 0.3 is 12.3 Å². The summed E-state index contributed by atoms with van der Waals surface area (Å²) in [7, 11) is 0. The molecule has 0 aliphatic rings. The summed E-state index contributed by atoms with van der Waals surface area (Å²) in [6.45, 7) is -1.53. The third-order valence-corrected chi connectivity index (χ3v) is 1.38. The summed E-state index contributed by atoms with van der Waals surface area (Å²) in [4.78, 5) is 10.7. The predicted octanol–water partition coefficient (Wildman–Crippen LogP) is 2.07. The first kappa shape index (κ1) is 11.4. The molecule has 1 N–H and O–H groups in total. The van der Waals surface area contributed by atoms with Gasteiger partial charge < -0.3 is 14.5 Å². The lowest BCUT2D eigenvalue weighted by molar-refractivity contribution is -0.160. The average Bonchev–Trinajstić information content (AvgIpc) is 2.62. The maximum Gasteiger partial charge on any atom is 0.422 e. The minimum atomic E-state index is -4.51. The highest BCUT2D eigenvalue weighted by molar-refractivity contribution is 5.67. The van der Waals surface area contributed by atoms with Gasteiger partial charge in [0.05, 0.1) is 12.5 Å². The molecule has 1 aromatic rings. The van der Waals surface area contributed by atoms with Gasteiger partial charge in [-0.15, -0.1) is 0 Å². The molecule has 1 rings (SSSR count). The summed E-state index contributed by atoms with van der Waals surface area (Å²) in [5, 5.41) is 2.14. The number of amides is 1. The highest BCUT2D eigenvalue weighted by atomic mass is 19.4. The van der Waals surface area contributed by atoms with Crippen LogP contribution in [-0.4, -0.2) is 18.9 Å². The van der Waals surface area contributed by atoms with Crippen molar-refractivity contribution in [1.82, 2.24) is 5.32 Å². The second-order valence-electron chi connectivity index (χ2n) is 2.68. The first-order valence-electron chi connectivity index (χ1n) is 3.96. The topological polar surface area (TPSA) is 51.5 Å². The van der Waals surface area contributed by atoms with Crippen molar-refractivity contribution in [2.45, 2.75) is 12.7 Å². The lowest BCUT2D eigenvalue weighted by Gasteiger charge is -2.08. The van der Waals surface area contributed by atoms with Crippen LogP contribution >= 0.6 is 0 Å². The minimum Gasteiger partial charge on any atom is -0.472 e. The van der Waals surface area contributed by atoms with Crippen LogP contribution in [0.2, 0.25) is 0 Å². The number of alkyl carbamates (subject to hydrolysis) is 1. The molecule has 1 aromatic heterocycles. The van der Waals surface area contributed by atoms with Crippen molar-refractivity contribution in [3.8, 4) is 0 Å². The summed E-state index contributed by atoms with van der Waals surface area (Å²) in [5.41, 5.74) is 0.638. The standard InChI is InChI=1S/C8H8F3NO3/c9-8(10,11)5-15-7(13)12-3-6-1-2-14-4-6/h1-2,4H,3,5H2,(H,12,13). The van der Waals surface area contributed by atoms with Crippen molar-refractivity contribution >= 4 is 6.09 Å². The van der Waals surface area contributed by atoms with Crippen LogP contribution in [0.3, 0.4) is 0 Å². The van der Waals surface area contributed by atoms with Crippen LogP contribution in [0, 0.1) is 0 Å². The second-order valence-corrected chi connectivity index (χ2v) is 2.68. The SMILES string of the molecule is O=C(NCc1ccoc1)OCC(F)(F)F. The Bertz CT molecular complexity index is 307. The summed E-state index contributed by atoms with van der Waals surface area (Å²) >= 11 is 0. The molecule has 84 valence electrons. The van der Waals surface area contributed by atoms with Crippen molar-refractivity contribution in [2.24, 2.45) is 0 Å². The molecule has 1 heterocycles. The molecule has 0 bridgehead atoms. The zero-order chi connectivity index (χ0) is 11.3. The van der Waals surface area contributed by atoms with Gasteiger partial charge in [-0.1, -0.05) is 0 Å². The Kier molecular flexibility index (Phi) is 3.59. The molecule has 7 heteroatoms.